The van der Waals surface area contributed by atoms with Crippen LogP contribution in [0.1, 0.15) is 25.3 Å². The van der Waals surface area contributed by atoms with Crippen molar-refractivity contribution in [2.75, 3.05) is 0 Å². The minimum absolute atomic E-state index is 0. The summed E-state index contributed by atoms with van der Waals surface area (Å²) >= 11 is -2.11. The van der Waals surface area contributed by atoms with E-state index < -0.39 is 11.1 Å². The summed E-state index contributed by atoms with van der Waals surface area (Å²) in [4.78, 5) is 0.362. The van der Waals surface area contributed by atoms with Gasteiger partial charge >= 0.3 is 29.6 Å². The van der Waals surface area contributed by atoms with Crippen molar-refractivity contribution in [3.05, 3.63) is 29.8 Å². The van der Waals surface area contributed by atoms with Crippen molar-refractivity contribution in [2.45, 2.75) is 24.7 Å². The molecule has 1 unspecified atom stereocenters. The maximum absolute atomic E-state index is 10.6. The SMILES string of the molecule is CC(C)c1cccc(S(=O)[O-])c1.[Na+]. The first-order valence-electron chi connectivity index (χ1n) is 3.80. The molecule has 0 aliphatic rings. The molecule has 0 aliphatic carbocycles. The van der Waals surface area contributed by atoms with Gasteiger partial charge in [-0.1, -0.05) is 26.0 Å². The Morgan fingerprint density at radius 2 is 2.00 bits per heavy atom. The van der Waals surface area contributed by atoms with E-state index in [9.17, 15) is 8.76 Å². The normalized spacial score (nSPS) is 12.3. The second-order valence-corrected chi connectivity index (χ2v) is 3.90. The van der Waals surface area contributed by atoms with E-state index in [0.717, 1.165) is 5.56 Å². The Morgan fingerprint density at radius 1 is 1.38 bits per heavy atom. The van der Waals surface area contributed by atoms with Crippen LogP contribution >= 0.6 is 0 Å². The van der Waals surface area contributed by atoms with Crippen LogP contribution < -0.4 is 29.6 Å². The van der Waals surface area contributed by atoms with Crippen LogP contribution in [0.5, 0.6) is 0 Å². The van der Waals surface area contributed by atoms with Gasteiger partial charge in [0.25, 0.3) is 0 Å². The molecule has 66 valence electrons. The average molecular weight is 206 g/mol. The Hall–Kier alpha value is 0.330. The Bertz CT molecular complexity index is 299. The molecule has 1 aromatic carbocycles. The third-order valence-corrected chi connectivity index (χ3v) is 2.36. The molecule has 0 fully saturated rings. The van der Waals surface area contributed by atoms with Crippen LogP contribution in [-0.4, -0.2) is 8.76 Å². The third-order valence-electron chi connectivity index (χ3n) is 1.72. The molecular weight excluding hydrogens is 195 g/mol. The van der Waals surface area contributed by atoms with Crippen molar-refractivity contribution < 1.29 is 38.3 Å². The van der Waals surface area contributed by atoms with Crippen LogP contribution in [0, 0.1) is 0 Å². The van der Waals surface area contributed by atoms with Crippen LogP contribution in [0.3, 0.4) is 0 Å². The summed E-state index contributed by atoms with van der Waals surface area (Å²) in [6.45, 7) is 4.07. The van der Waals surface area contributed by atoms with E-state index in [2.05, 4.69) is 0 Å². The summed E-state index contributed by atoms with van der Waals surface area (Å²) in [6, 6.07) is 6.99. The first-order chi connectivity index (χ1) is 5.61. The fraction of sp³-hybridized carbons (Fsp3) is 0.333. The van der Waals surface area contributed by atoms with E-state index in [-0.39, 0.29) is 29.6 Å². The molecule has 0 aliphatic heterocycles. The van der Waals surface area contributed by atoms with Gasteiger partial charge in [-0.2, -0.15) is 0 Å². The molecule has 0 aromatic heterocycles. The summed E-state index contributed by atoms with van der Waals surface area (Å²) < 4.78 is 21.2. The molecule has 1 rings (SSSR count). The zero-order valence-electron chi connectivity index (χ0n) is 8.11. The summed E-state index contributed by atoms with van der Waals surface area (Å²) in [7, 11) is 0. The summed E-state index contributed by atoms with van der Waals surface area (Å²) in [5.74, 6) is 0.369. The van der Waals surface area contributed by atoms with Gasteiger partial charge in [0, 0.05) is 4.90 Å². The first kappa shape index (κ1) is 13.3. The molecule has 0 saturated carbocycles. The van der Waals surface area contributed by atoms with Crippen LogP contribution in [0.4, 0.5) is 0 Å². The maximum atomic E-state index is 10.6. The quantitative estimate of drug-likeness (QED) is 0.462. The fourth-order valence-electron chi connectivity index (χ4n) is 0.977. The van der Waals surface area contributed by atoms with E-state index in [1.165, 1.54) is 0 Å². The summed E-state index contributed by atoms with van der Waals surface area (Å²) in [5, 5.41) is 0. The number of hydrogen-bond donors (Lipinski definition) is 0. The first-order valence-corrected chi connectivity index (χ1v) is 4.88. The van der Waals surface area contributed by atoms with E-state index in [1.807, 2.05) is 19.9 Å². The maximum Gasteiger partial charge on any atom is 1.00 e. The smallest absolute Gasteiger partial charge is 0.768 e. The molecule has 0 spiro atoms. The molecule has 0 saturated heterocycles. The number of benzene rings is 1. The predicted molar refractivity (Wildman–Crippen MR) is 47.7 cm³/mol. The topological polar surface area (TPSA) is 40.1 Å². The van der Waals surface area contributed by atoms with Crippen molar-refractivity contribution in [1.29, 1.82) is 0 Å². The molecule has 1 atom stereocenters. The minimum atomic E-state index is -2.11. The van der Waals surface area contributed by atoms with Crippen molar-refractivity contribution in [1.82, 2.24) is 0 Å². The third kappa shape index (κ3) is 3.92. The zero-order chi connectivity index (χ0) is 9.14. The van der Waals surface area contributed by atoms with Gasteiger partial charge in [-0.05, 0) is 34.7 Å². The Morgan fingerprint density at radius 3 is 2.46 bits per heavy atom. The molecule has 2 nitrogen and oxygen atoms in total. The van der Waals surface area contributed by atoms with Crippen molar-refractivity contribution in [2.24, 2.45) is 0 Å². The Kier molecular flexibility index (Phi) is 6.09. The van der Waals surface area contributed by atoms with Crippen LogP contribution in [-0.2, 0) is 11.1 Å². The minimum Gasteiger partial charge on any atom is -0.768 e. The van der Waals surface area contributed by atoms with Gasteiger partial charge < -0.3 is 4.55 Å². The molecule has 13 heavy (non-hydrogen) atoms. The predicted octanol–water partition coefficient (Wildman–Crippen LogP) is -0.948. The van der Waals surface area contributed by atoms with Gasteiger partial charge in [-0.25, -0.2) is 0 Å². The summed E-state index contributed by atoms with van der Waals surface area (Å²) in [5.41, 5.74) is 1.05. The zero-order valence-corrected chi connectivity index (χ0v) is 10.9. The fourth-order valence-corrected chi connectivity index (χ4v) is 1.40. The van der Waals surface area contributed by atoms with Crippen molar-refractivity contribution in [3.63, 3.8) is 0 Å². The Labute approximate surface area is 103 Å². The molecule has 0 radical (unpaired) electrons. The molecular formula is C9H11NaO2S. The molecule has 0 amide bonds. The van der Waals surface area contributed by atoms with Gasteiger partial charge in [0.15, 0.2) is 0 Å². The summed E-state index contributed by atoms with van der Waals surface area (Å²) in [6.07, 6.45) is 0. The van der Waals surface area contributed by atoms with Gasteiger partial charge in [0.2, 0.25) is 0 Å². The van der Waals surface area contributed by atoms with Crippen LogP contribution in [0.2, 0.25) is 0 Å². The molecule has 0 N–H and O–H groups in total. The van der Waals surface area contributed by atoms with E-state index in [1.54, 1.807) is 18.2 Å². The number of hydrogen-bond acceptors (Lipinski definition) is 2. The second kappa shape index (κ2) is 5.94. The second-order valence-electron chi connectivity index (χ2n) is 2.96. The van der Waals surface area contributed by atoms with E-state index >= 15 is 0 Å². The van der Waals surface area contributed by atoms with E-state index in [4.69, 9.17) is 0 Å². The van der Waals surface area contributed by atoms with Gasteiger partial charge in [-0.15, -0.1) is 0 Å². The standard InChI is InChI=1S/C9H12O2S.Na/c1-7(2)8-4-3-5-9(6-8)12(10)11;/h3-7H,1-2H3,(H,10,11);/q;+1/p-1. The Balaban J connectivity index is 0.00000144. The molecule has 0 heterocycles. The molecule has 4 heteroatoms. The largest absolute Gasteiger partial charge is 1.00 e. The van der Waals surface area contributed by atoms with Gasteiger partial charge in [0.05, 0.1) is 0 Å². The monoisotopic (exact) mass is 206 g/mol. The number of rotatable bonds is 2. The molecule has 0 bridgehead atoms. The molecule has 1 aromatic rings. The van der Waals surface area contributed by atoms with Crippen LogP contribution in [0.15, 0.2) is 29.2 Å². The van der Waals surface area contributed by atoms with Gasteiger partial charge in [-0.3, -0.25) is 4.21 Å². The van der Waals surface area contributed by atoms with Gasteiger partial charge in [0.1, 0.15) is 0 Å². The van der Waals surface area contributed by atoms with E-state index in [0.29, 0.717) is 10.8 Å². The van der Waals surface area contributed by atoms with Crippen molar-refractivity contribution >= 4 is 11.1 Å². The van der Waals surface area contributed by atoms with Crippen LogP contribution in [0.25, 0.3) is 0 Å². The average Bonchev–Trinajstić information content (AvgIpc) is 2.04. The van der Waals surface area contributed by atoms with Crippen molar-refractivity contribution in [3.8, 4) is 0 Å².